The number of benzene rings is 1. The molecule has 0 spiro atoms. The van der Waals surface area contributed by atoms with E-state index in [0.717, 1.165) is 37.0 Å². The van der Waals surface area contributed by atoms with Crippen LogP contribution in [0.4, 0.5) is 0 Å². The van der Waals surface area contributed by atoms with E-state index in [0.29, 0.717) is 28.9 Å². The van der Waals surface area contributed by atoms with E-state index in [9.17, 15) is 18.0 Å². The largest absolute Gasteiger partial charge is 0.422 e. The minimum atomic E-state index is -3.51. The van der Waals surface area contributed by atoms with Gasteiger partial charge in [-0.1, -0.05) is 31.0 Å². The fourth-order valence-electron chi connectivity index (χ4n) is 3.48. The first-order valence-electron chi connectivity index (χ1n) is 9.85. The van der Waals surface area contributed by atoms with Crippen LogP contribution < -0.4 is 10.9 Å². The highest BCUT2D eigenvalue weighted by Crippen LogP contribution is 2.27. The molecule has 0 saturated carbocycles. The zero-order valence-corrected chi connectivity index (χ0v) is 17.9. The van der Waals surface area contributed by atoms with Crippen LogP contribution in [0.15, 0.2) is 55.9 Å². The number of hydrogen-bond donors (Lipinski definition) is 1. The number of carbonyl (C=O) groups is 1. The van der Waals surface area contributed by atoms with E-state index in [1.165, 1.54) is 6.07 Å². The standard InChI is InChI=1S/C21H22N2O5S2/c24-20(17-13-15-7-3-4-8-18(15)28-21(17)25)22-14-16-9-10-19(29-16)30(26,27)23-11-5-1-2-6-12-23/h3-4,7-10,13H,1-2,5-6,11-12,14H2,(H,22,24). The van der Waals surface area contributed by atoms with Gasteiger partial charge in [0, 0.05) is 23.4 Å². The van der Waals surface area contributed by atoms with Crippen molar-refractivity contribution >= 4 is 38.2 Å². The molecule has 1 aromatic carbocycles. The number of fused-ring (bicyclic) bond motifs is 1. The third-order valence-corrected chi connectivity index (χ3v) is 8.56. The van der Waals surface area contributed by atoms with Crippen LogP contribution in [0, 0.1) is 0 Å². The molecule has 1 fully saturated rings. The van der Waals surface area contributed by atoms with Gasteiger partial charge in [-0.25, -0.2) is 13.2 Å². The summed E-state index contributed by atoms with van der Waals surface area (Å²) in [7, 11) is -3.51. The van der Waals surface area contributed by atoms with Crippen LogP contribution in [0.1, 0.15) is 40.9 Å². The lowest BCUT2D eigenvalue weighted by molar-refractivity contribution is 0.0948. The molecule has 1 aliphatic heterocycles. The molecule has 9 heteroatoms. The number of rotatable bonds is 5. The number of amides is 1. The summed E-state index contributed by atoms with van der Waals surface area (Å²) in [6.45, 7) is 1.22. The van der Waals surface area contributed by atoms with E-state index >= 15 is 0 Å². The van der Waals surface area contributed by atoms with Gasteiger partial charge in [-0.2, -0.15) is 4.31 Å². The quantitative estimate of drug-likeness (QED) is 0.606. The molecule has 3 aromatic rings. The zero-order chi connectivity index (χ0) is 21.1. The van der Waals surface area contributed by atoms with E-state index in [1.54, 1.807) is 40.7 Å². The maximum absolute atomic E-state index is 12.9. The van der Waals surface area contributed by atoms with Crippen LogP contribution in [0.2, 0.25) is 0 Å². The molecule has 0 aliphatic carbocycles. The molecule has 30 heavy (non-hydrogen) atoms. The summed E-state index contributed by atoms with van der Waals surface area (Å²) in [6, 6.07) is 11.7. The first kappa shape index (κ1) is 20.8. The second-order valence-corrected chi connectivity index (χ2v) is 10.5. The van der Waals surface area contributed by atoms with Crippen LogP contribution in [0.25, 0.3) is 11.0 Å². The lowest BCUT2D eigenvalue weighted by Gasteiger charge is -2.18. The van der Waals surface area contributed by atoms with E-state index in [-0.39, 0.29) is 16.3 Å². The van der Waals surface area contributed by atoms with Gasteiger partial charge in [-0.3, -0.25) is 4.79 Å². The summed E-state index contributed by atoms with van der Waals surface area (Å²) in [5.41, 5.74) is -0.370. The van der Waals surface area contributed by atoms with Gasteiger partial charge in [0.2, 0.25) is 0 Å². The van der Waals surface area contributed by atoms with Crippen molar-refractivity contribution in [3.05, 3.63) is 63.3 Å². The van der Waals surface area contributed by atoms with Gasteiger partial charge in [0.15, 0.2) is 0 Å². The molecule has 3 heterocycles. The highest BCUT2D eigenvalue weighted by molar-refractivity contribution is 7.91. The predicted octanol–water partition coefficient (Wildman–Crippen LogP) is 3.35. The molecule has 7 nitrogen and oxygen atoms in total. The van der Waals surface area contributed by atoms with Crippen molar-refractivity contribution in [3.8, 4) is 0 Å². The number of carbonyl (C=O) groups excluding carboxylic acids is 1. The summed E-state index contributed by atoms with van der Waals surface area (Å²) < 4.78 is 32.8. The number of sulfonamides is 1. The van der Waals surface area contributed by atoms with Crippen LogP contribution in [-0.2, 0) is 16.6 Å². The molecule has 0 radical (unpaired) electrons. The maximum Gasteiger partial charge on any atom is 0.349 e. The Kier molecular flexibility index (Phi) is 6.03. The first-order chi connectivity index (χ1) is 14.4. The monoisotopic (exact) mass is 446 g/mol. The van der Waals surface area contributed by atoms with Gasteiger partial charge < -0.3 is 9.73 Å². The number of thiophene rings is 1. The van der Waals surface area contributed by atoms with Crippen molar-refractivity contribution in [1.29, 1.82) is 0 Å². The third kappa shape index (κ3) is 4.33. The van der Waals surface area contributed by atoms with E-state index in [4.69, 9.17) is 4.42 Å². The lowest BCUT2D eigenvalue weighted by atomic mass is 10.2. The second kappa shape index (κ2) is 8.71. The highest BCUT2D eigenvalue weighted by atomic mass is 32.2. The van der Waals surface area contributed by atoms with Crippen LogP contribution >= 0.6 is 11.3 Å². The van der Waals surface area contributed by atoms with Crippen molar-refractivity contribution in [2.45, 2.75) is 36.4 Å². The second-order valence-electron chi connectivity index (χ2n) is 7.21. The van der Waals surface area contributed by atoms with Crippen molar-refractivity contribution in [3.63, 3.8) is 0 Å². The number of nitrogens with zero attached hydrogens (tertiary/aromatic N) is 1. The molecular formula is C21H22N2O5S2. The fourth-order valence-corrected chi connectivity index (χ4v) is 6.45. The van der Waals surface area contributed by atoms with Crippen molar-refractivity contribution < 1.29 is 17.6 Å². The van der Waals surface area contributed by atoms with Crippen molar-refractivity contribution in [2.75, 3.05) is 13.1 Å². The summed E-state index contributed by atoms with van der Waals surface area (Å²) in [6.07, 6.45) is 3.86. The molecular weight excluding hydrogens is 424 g/mol. The summed E-state index contributed by atoms with van der Waals surface area (Å²) in [4.78, 5) is 25.3. The normalized spacial score (nSPS) is 15.7. The lowest BCUT2D eigenvalue weighted by Crippen LogP contribution is -2.31. The van der Waals surface area contributed by atoms with Crippen molar-refractivity contribution in [1.82, 2.24) is 9.62 Å². The Hall–Kier alpha value is -2.49. The Morgan fingerprint density at radius 2 is 1.80 bits per heavy atom. The van der Waals surface area contributed by atoms with E-state index in [1.807, 2.05) is 0 Å². The first-order valence-corrected chi connectivity index (χ1v) is 12.1. The molecule has 158 valence electrons. The summed E-state index contributed by atoms with van der Waals surface area (Å²) in [5, 5.41) is 3.33. The smallest absolute Gasteiger partial charge is 0.349 e. The SMILES string of the molecule is O=C(NCc1ccc(S(=O)(=O)N2CCCCCC2)s1)c1cc2ccccc2oc1=O. The van der Waals surface area contributed by atoms with Gasteiger partial charge in [0.05, 0.1) is 6.54 Å². The third-order valence-electron chi connectivity index (χ3n) is 5.11. The summed E-state index contributed by atoms with van der Waals surface area (Å²) in [5.74, 6) is -0.556. The minimum absolute atomic E-state index is 0.0809. The maximum atomic E-state index is 12.9. The Morgan fingerprint density at radius 3 is 2.57 bits per heavy atom. The Morgan fingerprint density at radius 1 is 1.07 bits per heavy atom. The topological polar surface area (TPSA) is 96.7 Å². The number of para-hydroxylation sites is 1. The molecule has 0 atom stereocenters. The van der Waals surface area contributed by atoms with E-state index in [2.05, 4.69) is 5.32 Å². The Labute approximate surface area is 178 Å². The molecule has 1 amide bonds. The van der Waals surface area contributed by atoms with Crippen LogP contribution in [0.3, 0.4) is 0 Å². The molecule has 1 aliphatic rings. The average molecular weight is 447 g/mol. The Bertz CT molecular complexity index is 1220. The van der Waals surface area contributed by atoms with E-state index < -0.39 is 21.6 Å². The average Bonchev–Trinajstić information content (AvgIpc) is 3.05. The molecule has 1 saturated heterocycles. The number of hydrogen-bond acceptors (Lipinski definition) is 6. The molecule has 1 N–H and O–H groups in total. The van der Waals surface area contributed by atoms with Gasteiger partial charge in [-0.05, 0) is 37.1 Å². The van der Waals surface area contributed by atoms with Crippen LogP contribution in [-0.4, -0.2) is 31.7 Å². The van der Waals surface area contributed by atoms with Crippen LogP contribution in [0.5, 0.6) is 0 Å². The summed E-state index contributed by atoms with van der Waals surface area (Å²) >= 11 is 1.14. The molecule has 0 bridgehead atoms. The van der Waals surface area contributed by atoms with Gasteiger partial charge >= 0.3 is 5.63 Å². The number of nitrogens with one attached hydrogen (secondary N) is 1. The Balaban J connectivity index is 1.46. The predicted molar refractivity (Wildman–Crippen MR) is 115 cm³/mol. The van der Waals surface area contributed by atoms with Crippen molar-refractivity contribution in [2.24, 2.45) is 0 Å². The van der Waals surface area contributed by atoms with Gasteiger partial charge in [0.25, 0.3) is 15.9 Å². The van der Waals surface area contributed by atoms with Gasteiger partial charge in [0.1, 0.15) is 15.4 Å². The molecule has 2 aromatic heterocycles. The zero-order valence-electron chi connectivity index (χ0n) is 16.3. The highest BCUT2D eigenvalue weighted by Gasteiger charge is 2.26. The molecule has 4 rings (SSSR count). The molecule has 0 unspecified atom stereocenters. The van der Waals surface area contributed by atoms with Gasteiger partial charge in [-0.15, -0.1) is 11.3 Å². The minimum Gasteiger partial charge on any atom is -0.422 e. The fraction of sp³-hybridized carbons (Fsp3) is 0.333.